The molecule has 0 heterocycles. The molecule has 5 nitrogen and oxygen atoms in total. The molecular formula is C13H14O5. The normalized spacial score (nSPS) is 22.2. The van der Waals surface area contributed by atoms with E-state index in [1.807, 2.05) is 0 Å². The summed E-state index contributed by atoms with van der Waals surface area (Å²) >= 11 is 0. The lowest BCUT2D eigenvalue weighted by atomic mass is 9.68. The van der Waals surface area contributed by atoms with E-state index in [1.54, 1.807) is 0 Å². The second kappa shape index (κ2) is 4.33. The topological polar surface area (TPSA) is 94.8 Å². The molecule has 0 spiro atoms. The van der Waals surface area contributed by atoms with Crippen LogP contribution in [0.5, 0.6) is 5.75 Å². The smallest absolute Gasteiger partial charge is 0.314 e. The molecule has 0 bridgehead atoms. The zero-order valence-corrected chi connectivity index (χ0v) is 9.72. The number of rotatable bonds is 3. The van der Waals surface area contributed by atoms with Crippen LogP contribution >= 0.6 is 0 Å². The summed E-state index contributed by atoms with van der Waals surface area (Å²) in [5.41, 5.74) is -0.126. The van der Waals surface area contributed by atoms with Crippen LogP contribution in [0.15, 0.2) is 18.2 Å². The zero-order valence-electron chi connectivity index (χ0n) is 9.72. The Morgan fingerprint density at radius 2 is 2.00 bits per heavy atom. The fourth-order valence-electron chi connectivity index (χ4n) is 2.71. The van der Waals surface area contributed by atoms with Gasteiger partial charge in [-0.15, -0.1) is 0 Å². The molecule has 2 rings (SSSR count). The maximum absolute atomic E-state index is 11.5. The van der Waals surface area contributed by atoms with Crippen LogP contribution in [0.2, 0.25) is 0 Å². The predicted octanol–water partition coefficient (Wildman–Crippen LogP) is 1.53. The fourth-order valence-corrected chi connectivity index (χ4v) is 2.71. The third-order valence-electron chi connectivity index (χ3n) is 3.52. The molecule has 1 aliphatic carbocycles. The number of fused-ring (bicyclic) bond motifs is 1. The molecule has 5 heteroatoms. The van der Waals surface area contributed by atoms with Crippen molar-refractivity contribution in [1.82, 2.24) is 0 Å². The minimum atomic E-state index is -1.37. The molecule has 18 heavy (non-hydrogen) atoms. The Bertz CT molecular complexity index is 508. The lowest BCUT2D eigenvalue weighted by Gasteiger charge is -2.34. The van der Waals surface area contributed by atoms with Gasteiger partial charge in [-0.1, -0.05) is 6.07 Å². The Labute approximate surface area is 104 Å². The Morgan fingerprint density at radius 1 is 1.28 bits per heavy atom. The summed E-state index contributed by atoms with van der Waals surface area (Å²) in [5, 5.41) is 27.8. The maximum Gasteiger partial charge on any atom is 0.314 e. The monoisotopic (exact) mass is 250 g/mol. The van der Waals surface area contributed by atoms with Gasteiger partial charge in [0, 0.05) is 0 Å². The summed E-state index contributed by atoms with van der Waals surface area (Å²) in [6, 6.07) is 4.46. The third-order valence-corrected chi connectivity index (χ3v) is 3.52. The molecule has 0 radical (unpaired) electrons. The molecule has 1 atom stereocenters. The minimum absolute atomic E-state index is 0.0743. The van der Waals surface area contributed by atoms with Gasteiger partial charge >= 0.3 is 11.9 Å². The zero-order chi connectivity index (χ0) is 13.3. The number of carboxylic acid groups (broad SMARTS) is 2. The van der Waals surface area contributed by atoms with E-state index in [-0.39, 0.29) is 5.75 Å². The molecule has 0 saturated heterocycles. The molecule has 1 unspecified atom stereocenters. The van der Waals surface area contributed by atoms with E-state index < -0.39 is 23.8 Å². The summed E-state index contributed by atoms with van der Waals surface area (Å²) in [4.78, 5) is 22.5. The van der Waals surface area contributed by atoms with Crippen molar-refractivity contribution in [2.45, 2.75) is 31.1 Å². The first kappa shape index (κ1) is 12.4. The van der Waals surface area contributed by atoms with E-state index in [0.29, 0.717) is 24.8 Å². The SMILES string of the molecule is O=C(O)CC1(C(=O)O)CCCc2cc(O)ccc21. The molecule has 0 saturated carbocycles. The quantitative estimate of drug-likeness (QED) is 0.756. The Hall–Kier alpha value is -2.04. The summed E-state index contributed by atoms with van der Waals surface area (Å²) in [6.45, 7) is 0. The van der Waals surface area contributed by atoms with Crippen molar-refractivity contribution in [2.75, 3.05) is 0 Å². The second-order valence-corrected chi connectivity index (χ2v) is 4.65. The van der Waals surface area contributed by atoms with Crippen molar-refractivity contribution in [3.05, 3.63) is 29.3 Å². The first-order chi connectivity index (χ1) is 8.45. The van der Waals surface area contributed by atoms with Gasteiger partial charge in [0.15, 0.2) is 0 Å². The number of phenolic OH excluding ortho intramolecular Hbond substituents is 1. The summed E-state index contributed by atoms with van der Waals surface area (Å²) in [7, 11) is 0. The van der Waals surface area contributed by atoms with Crippen molar-refractivity contribution in [3.8, 4) is 5.75 Å². The van der Waals surface area contributed by atoms with Crippen molar-refractivity contribution < 1.29 is 24.9 Å². The average Bonchev–Trinajstić information content (AvgIpc) is 2.27. The van der Waals surface area contributed by atoms with Gasteiger partial charge in [0.1, 0.15) is 11.2 Å². The standard InChI is InChI=1S/C13H14O5/c14-9-3-4-10-8(6-9)2-1-5-13(10,12(17)18)7-11(15)16/h3-4,6,14H,1-2,5,7H2,(H,15,16)(H,17,18). The van der Waals surface area contributed by atoms with E-state index >= 15 is 0 Å². The second-order valence-electron chi connectivity index (χ2n) is 4.65. The van der Waals surface area contributed by atoms with Gasteiger partial charge in [0.05, 0.1) is 6.42 Å². The molecular weight excluding hydrogens is 236 g/mol. The molecule has 0 aromatic heterocycles. The van der Waals surface area contributed by atoms with E-state index in [1.165, 1.54) is 18.2 Å². The number of aromatic hydroxyl groups is 1. The predicted molar refractivity (Wildman–Crippen MR) is 62.6 cm³/mol. The van der Waals surface area contributed by atoms with Gasteiger partial charge in [-0.3, -0.25) is 9.59 Å². The number of benzene rings is 1. The van der Waals surface area contributed by atoms with Crippen LogP contribution in [0.1, 0.15) is 30.4 Å². The van der Waals surface area contributed by atoms with E-state index in [2.05, 4.69) is 0 Å². The fraction of sp³-hybridized carbons (Fsp3) is 0.385. The molecule has 0 fully saturated rings. The number of hydrogen-bond donors (Lipinski definition) is 3. The van der Waals surface area contributed by atoms with Crippen LogP contribution in [-0.4, -0.2) is 27.3 Å². The number of hydrogen-bond acceptors (Lipinski definition) is 3. The Balaban J connectivity index is 2.57. The van der Waals surface area contributed by atoms with Crippen LogP contribution in [0, 0.1) is 0 Å². The van der Waals surface area contributed by atoms with Gasteiger partial charge in [-0.2, -0.15) is 0 Å². The molecule has 96 valence electrons. The molecule has 0 amide bonds. The molecule has 1 aromatic rings. The highest BCUT2D eigenvalue weighted by Gasteiger charge is 2.45. The maximum atomic E-state index is 11.5. The van der Waals surface area contributed by atoms with Crippen molar-refractivity contribution in [1.29, 1.82) is 0 Å². The lowest BCUT2D eigenvalue weighted by Crippen LogP contribution is -2.41. The van der Waals surface area contributed by atoms with Crippen LogP contribution < -0.4 is 0 Å². The number of aryl methyl sites for hydroxylation is 1. The number of phenols is 1. The average molecular weight is 250 g/mol. The minimum Gasteiger partial charge on any atom is -0.508 e. The lowest BCUT2D eigenvalue weighted by molar-refractivity contribution is -0.151. The van der Waals surface area contributed by atoms with Gasteiger partial charge in [0.2, 0.25) is 0 Å². The Morgan fingerprint density at radius 3 is 2.61 bits per heavy atom. The van der Waals surface area contributed by atoms with Crippen LogP contribution in [0.3, 0.4) is 0 Å². The first-order valence-electron chi connectivity index (χ1n) is 5.73. The van der Waals surface area contributed by atoms with Crippen molar-refractivity contribution >= 4 is 11.9 Å². The summed E-state index contributed by atoms with van der Waals surface area (Å²) < 4.78 is 0. The third kappa shape index (κ3) is 1.92. The molecule has 0 aliphatic heterocycles. The number of carbonyl (C=O) groups is 2. The highest BCUT2D eigenvalue weighted by Crippen LogP contribution is 2.41. The molecule has 1 aliphatic rings. The summed E-state index contributed by atoms with van der Waals surface area (Å²) in [6.07, 6.45) is 1.15. The van der Waals surface area contributed by atoms with Crippen LogP contribution in [0.4, 0.5) is 0 Å². The number of aliphatic carboxylic acids is 2. The van der Waals surface area contributed by atoms with E-state index in [0.717, 1.165) is 5.56 Å². The Kier molecular flexibility index (Phi) is 2.98. The highest BCUT2D eigenvalue weighted by molar-refractivity contribution is 5.88. The van der Waals surface area contributed by atoms with Crippen molar-refractivity contribution in [3.63, 3.8) is 0 Å². The van der Waals surface area contributed by atoms with E-state index in [9.17, 15) is 19.8 Å². The highest BCUT2D eigenvalue weighted by atomic mass is 16.4. The van der Waals surface area contributed by atoms with Crippen LogP contribution in [0.25, 0.3) is 0 Å². The van der Waals surface area contributed by atoms with Crippen molar-refractivity contribution in [2.24, 2.45) is 0 Å². The van der Waals surface area contributed by atoms with Gasteiger partial charge in [-0.05, 0) is 42.5 Å². The summed E-state index contributed by atoms with van der Waals surface area (Å²) in [5.74, 6) is -2.17. The van der Waals surface area contributed by atoms with E-state index in [4.69, 9.17) is 5.11 Å². The number of carboxylic acids is 2. The van der Waals surface area contributed by atoms with Gasteiger partial charge in [-0.25, -0.2) is 0 Å². The first-order valence-corrected chi connectivity index (χ1v) is 5.73. The molecule has 3 N–H and O–H groups in total. The van der Waals surface area contributed by atoms with Gasteiger partial charge < -0.3 is 15.3 Å². The molecule has 1 aromatic carbocycles. The van der Waals surface area contributed by atoms with Gasteiger partial charge in [0.25, 0.3) is 0 Å². The largest absolute Gasteiger partial charge is 0.508 e. The van der Waals surface area contributed by atoms with Crippen LogP contribution in [-0.2, 0) is 21.4 Å².